The second-order valence-corrected chi connectivity index (χ2v) is 3.63. The van der Waals surface area contributed by atoms with Crippen LogP contribution >= 0.6 is 0 Å². The first-order valence-electron chi connectivity index (χ1n) is 5.00. The van der Waals surface area contributed by atoms with Crippen LogP contribution in [0.4, 0.5) is 11.6 Å². The molecule has 0 bridgehead atoms. The number of carbonyl (C=O) groups excluding carboxylic acids is 1. The number of nitrogens with one attached hydrogen (secondary N) is 2. The highest BCUT2D eigenvalue weighted by molar-refractivity contribution is 5.76. The van der Waals surface area contributed by atoms with Gasteiger partial charge in [0.1, 0.15) is 11.6 Å². The van der Waals surface area contributed by atoms with E-state index in [9.17, 15) is 4.79 Å². The molecule has 5 heteroatoms. The van der Waals surface area contributed by atoms with Gasteiger partial charge in [0.25, 0.3) is 0 Å². The van der Waals surface area contributed by atoms with Gasteiger partial charge in [-0.2, -0.15) is 0 Å². The third-order valence-electron chi connectivity index (χ3n) is 2.39. The zero-order valence-electron chi connectivity index (χ0n) is 8.36. The number of hydrogen-bond donors (Lipinski definition) is 3. The molecule has 1 unspecified atom stereocenters. The molecule has 1 aliphatic heterocycles. The molecule has 1 aliphatic rings. The molecule has 0 spiro atoms. The Labute approximate surface area is 88.1 Å². The van der Waals surface area contributed by atoms with E-state index in [2.05, 4.69) is 15.6 Å². The lowest BCUT2D eigenvalue weighted by Crippen LogP contribution is -2.42. The third-order valence-corrected chi connectivity index (χ3v) is 2.39. The van der Waals surface area contributed by atoms with Crippen molar-refractivity contribution in [2.75, 3.05) is 17.6 Å². The molecule has 0 aromatic carbocycles. The summed E-state index contributed by atoms with van der Waals surface area (Å²) in [6.45, 7) is 0.648. The van der Waals surface area contributed by atoms with Gasteiger partial charge in [-0.3, -0.25) is 4.79 Å². The molecule has 1 saturated heterocycles. The Balaban J connectivity index is 1.94. The van der Waals surface area contributed by atoms with Crippen LogP contribution in [0.3, 0.4) is 0 Å². The summed E-state index contributed by atoms with van der Waals surface area (Å²) in [5, 5.41) is 6.04. The van der Waals surface area contributed by atoms with Crippen molar-refractivity contribution in [3.05, 3.63) is 18.2 Å². The predicted molar refractivity (Wildman–Crippen MR) is 58.3 cm³/mol. The van der Waals surface area contributed by atoms with Crippen molar-refractivity contribution >= 4 is 17.5 Å². The summed E-state index contributed by atoms with van der Waals surface area (Å²) in [5.74, 6) is 1.38. The maximum absolute atomic E-state index is 10.9. The van der Waals surface area contributed by atoms with Crippen LogP contribution in [0.15, 0.2) is 18.2 Å². The number of nitrogen functional groups attached to an aromatic ring is 1. The number of nitrogens with zero attached hydrogens (tertiary/aromatic N) is 1. The minimum Gasteiger partial charge on any atom is -0.384 e. The van der Waals surface area contributed by atoms with Crippen molar-refractivity contribution in [3.8, 4) is 0 Å². The summed E-state index contributed by atoms with van der Waals surface area (Å²) in [6.07, 6.45) is 1.41. The normalized spacial score (nSPS) is 20.8. The van der Waals surface area contributed by atoms with Crippen molar-refractivity contribution in [2.24, 2.45) is 0 Å². The lowest BCUT2D eigenvalue weighted by molar-refractivity contribution is -0.122. The van der Waals surface area contributed by atoms with Gasteiger partial charge in [-0.05, 0) is 18.6 Å². The summed E-state index contributed by atoms with van der Waals surface area (Å²) in [6, 6.07) is 5.71. The van der Waals surface area contributed by atoms with Crippen LogP contribution in [-0.4, -0.2) is 23.5 Å². The van der Waals surface area contributed by atoms with Gasteiger partial charge in [0, 0.05) is 19.0 Å². The van der Waals surface area contributed by atoms with Crippen molar-refractivity contribution in [1.29, 1.82) is 0 Å². The van der Waals surface area contributed by atoms with E-state index in [4.69, 9.17) is 5.73 Å². The molecule has 1 amide bonds. The second kappa shape index (κ2) is 4.16. The Morgan fingerprint density at radius 2 is 2.40 bits per heavy atom. The summed E-state index contributed by atoms with van der Waals surface area (Å²) in [7, 11) is 0. The number of aromatic nitrogens is 1. The topological polar surface area (TPSA) is 80.0 Å². The third kappa shape index (κ3) is 2.59. The maximum Gasteiger partial charge on any atom is 0.220 e. The van der Waals surface area contributed by atoms with Gasteiger partial charge in [0.15, 0.2) is 0 Å². The average molecular weight is 206 g/mol. The highest BCUT2D eigenvalue weighted by Crippen LogP contribution is 2.11. The SMILES string of the molecule is Nc1cccc(NC2CCC(=O)NC2)n1. The highest BCUT2D eigenvalue weighted by Gasteiger charge is 2.17. The van der Waals surface area contributed by atoms with Crippen molar-refractivity contribution < 1.29 is 4.79 Å². The number of pyridine rings is 1. The lowest BCUT2D eigenvalue weighted by atomic mass is 10.1. The van der Waals surface area contributed by atoms with Gasteiger partial charge in [-0.15, -0.1) is 0 Å². The molecule has 80 valence electrons. The summed E-state index contributed by atoms with van der Waals surface area (Å²) < 4.78 is 0. The number of carbonyl (C=O) groups is 1. The first-order chi connectivity index (χ1) is 7.24. The van der Waals surface area contributed by atoms with Crippen LogP contribution in [0.5, 0.6) is 0 Å². The minimum atomic E-state index is 0.119. The number of rotatable bonds is 2. The summed E-state index contributed by atoms with van der Waals surface area (Å²) >= 11 is 0. The highest BCUT2D eigenvalue weighted by atomic mass is 16.1. The van der Waals surface area contributed by atoms with Crippen LogP contribution in [-0.2, 0) is 4.79 Å². The van der Waals surface area contributed by atoms with Crippen LogP contribution in [0.25, 0.3) is 0 Å². The molecular formula is C10H14N4O. The first kappa shape index (κ1) is 9.76. The standard InChI is InChI=1S/C10H14N4O/c11-8-2-1-3-9(14-8)13-7-4-5-10(15)12-6-7/h1-3,7H,4-6H2,(H,12,15)(H3,11,13,14). The molecule has 0 radical (unpaired) electrons. The smallest absolute Gasteiger partial charge is 0.220 e. The molecule has 1 aromatic rings. The fourth-order valence-corrected chi connectivity index (χ4v) is 1.60. The van der Waals surface area contributed by atoms with Crippen LogP contribution in [0.2, 0.25) is 0 Å². The minimum absolute atomic E-state index is 0.119. The van der Waals surface area contributed by atoms with Crippen molar-refractivity contribution in [2.45, 2.75) is 18.9 Å². The first-order valence-corrected chi connectivity index (χ1v) is 5.00. The number of amides is 1. The quantitative estimate of drug-likeness (QED) is 0.652. The maximum atomic E-state index is 10.9. The monoisotopic (exact) mass is 206 g/mol. The van der Waals surface area contributed by atoms with Gasteiger partial charge in [-0.1, -0.05) is 6.07 Å². The van der Waals surface area contributed by atoms with Gasteiger partial charge >= 0.3 is 0 Å². The number of hydrogen-bond acceptors (Lipinski definition) is 4. The summed E-state index contributed by atoms with van der Waals surface area (Å²) in [4.78, 5) is 15.1. The number of nitrogens with two attached hydrogens (primary N) is 1. The Bertz CT molecular complexity index is 356. The van der Waals surface area contributed by atoms with Crippen LogP contribution in [0, 0.1) is 0 Å². The molecule has 4 N–H and O–H groups in total. The fraction of sp³-hybridized carbons (Fsp3) is 0.400. The molecule has 1 fully saturated rings. The van der Waals surface area contributed by atoms with Crippen LogP contribution in [0.1, 0.15) is 12.8 Å². The zero-order chi connectivity index (χ0) is 10.7. The summed E-state index contributed by atoms with van der Waals surface area (Å²) in [5.41, 5.74) is 5.56. The van der Waals surface area contributed by atoms with E-state index in [1.165, 1.54) is 0 Å². The van der Waals surface area contributed by atoms with E-state index in [1.54, 1.807) is 6.07 Å². The number of piperidine rings is 1. The van der Waals surface area contributed by atoms with Gasteiger partial charge in [-0.25, -0.2) is 4.98 Å². The second-order valence-electron chi connectivity index (χ2n) is 3.63. The van der Waals surface area contributed by atoms with E-state index >= 15 is 0 Å². The lowest BCUT2D eigenvalue weighted by Gasteiger charge is -2.23. The Morgan fingerprint density at radius 3 is 3.07 bits per heavy atom. The van der Waals surface area contributed by atoms with Crippen LogP contribution < -0.4 is 16.4 Å². The van der Waals surface area contributed by atoms with Crippen molar-refractivity contribution in [1.82, 2.24) is 10.3 Å². The average Bonchev–Trinajstić information content (AvgIpc) is 2.22. The Hall–Kier alpha value is -1.78. The number of anilines is 2. The van der Waals surface area contributed by atoms with E-state index < -0.39 is 0 Å². The molecule has 2 heterocycles. The zero-order valence-corrected chi connectivity index (χ0v) is 8.36. The van der Waals surface area contributed by atoms with Gasteiger partial charge in [0.2, 0.25) is 5.91 Å². The molecular weight excluding hydrogens is 192 g/mol. The molecule has 5 nitrogen and oxygen atoms in total. The molecule has 0 saturated carbocycles. The predicted octanol–water partition coefficient (Wildman–Crippen LogP) is 0.354. The molecule has 0 aliphatic carbocycles. The molecule has 1 atom stereocenters. The van der Waals surface area contributed by atoms with E-state index in [1.807, 2.05) is 12.1 Å². The Morgan fingerprint density at radius 1 is 1.53 bits per heavy atom. The fourth-order valence-electron chi connectivity index (χ4n) is 1.60. The Kier molecular flexibility index (Phi) is 2.71. The van der Waals surface area contributed by atoms with E-state index in [0.29, 0.717) is 18.8 Å². The largest absolute Gasteiger partial charge is 0.384 e. The van der Waals surface area contributed by atoms with Gasteiger partial charge in [0.05, 0.1) is 0 Å². The molecule has 15 heavy (non-hydrogen) atoms. The van der Waals surface area contributed by atoms with E-state index in [0.717, 1.165) is 12.2 Å². The van der Waals surface area contributed by atoms with E-state index in [-0.39, 0.29) is 11.9 Å². The molecule has 1 aromatic heterocycles. The van der Waals surface area contributed by atoms with Crippen molar-refractivity contribution in [3.63, 3.8) is 0 Å². The van der Waals surface area contributed by atoms with Gasteiger partial charge < -0.3 is 16.4 Å². The molecule has 2 rings (SSSR count).